The molecule has 112 valence electrons. The molecule has 1 rings (SSSR count). The van der Waals surface area contributed by atoms with E-state index in [9.17, 15) is 4.79 Å². The van der Waals surface area contributed by atoms with Gasteiger partial charge in [0.15, 0.2) is 0 Å². The van der Waals surface area contributed by atoms with Crippen molar-refractivity contribution in [2.24, 2.45) is 0 Å². The van der Waals surface area contributed by atoms with Crippen molar-refractivity contribution in [1.82, 2.24) is 5.32 Å². The zero-order valence-electron chi connectivity index (χ0n) is 12.7. The number of hydrogen-bond acceptors (Lipinski definition) is 3. The highest BCUT2D eigenvalue weighted by molar-refractivity contribution is 5.91. The first kappa shape index (κ1) is 16.3. The minimum atomic E-state index is -0.222. The monoisotopic (exact) mass is 280 g/mol. The van der Waals surface area contributed by atoms with Crippen LogP contribution in [0.5, 0.6) is 5.75 Å². The van der Waals surface area contributed by atoms with Crippen molar-refractivity contribution in [2.75, 3.05) is 25.6 Å². The predicted octanol–water partition coefficient (Wildman–Crippen LogP) is 2.94. The maximum Gasteiger partial charge on any atom is 0.319 e. The molecule has 1 atom stereocenters. The van der Waals surface area contributed by atoms with E-state index in [1.807, 2.05) is 39.0 Å². The first-order chi connectivity index (χ1) is 9.56. The second-order valence-corrected chi connectivity index (χ2v) is 4.75. The minimum absolute atomic E-state index is 0.137. The third-order valence-corrected chi connectivity index (χ3v) is 2.92. The topological polar surface area (TPSA) is 59.6 Å². The first-order valence-corrected chi connectivity index (χ1v) is 6.86. The van der Waals surface area contributed by atoms with Gasteiger partial charge in [-0.25, -0.2) is 4.79 Å². The van der Waals surface area contributed by atoms with Gasteiger partial charge < -0.3 is 20.1 Å². The van der Waals surface area contributed by atoms with Crippen LogP contribution in [-0.4, -0.2) is 32.4 Å². The van der Waals surface area contributed by atoms with Crippen LogP contribution in [0.4, 0.5) is 10.5 Å². The molecule has 0 aromatic heterocycles. The Kier molecular flexibility index (Phi) is 6.87. The number of carbonyl (C=O) groups excluding carboxylic acids is 1. The third kappa shape index (κ3) is 5.48. The normalized spacial score (nSPS) is 11.8. The first-order valence-electron chi connectivity index (χ1n) is 6.86. The maximum absolute atomic E-state index is 11.8. The van der Waals surface area contributed by atoms with Gasteiger partial charge in [-0.2, -0.15) is 0 Å². The van der Waals surface area contributed by atoms with Crippen molar-refractivity contribution in [2.45, 2.75) is 33.2 Å². The fourth-order valence-electron chi connectivity index (χ4n) is 1.57. The van der Waals surface area contributed by atoms with Gasteiger partial charge in [0.05, 0.1) is 12.3 Å². The lowest BCUT2D eigenvalue weighted by Crippen LogP contribution is -2.35. The number of ether oxygens (including phenoxy) is 2. The number of benzene rings is 1. The number of amides is 2. The van der Waals surface area contributed by atoms with Gasteiger partial charge in [-0.15, -0.1) is 0 Å². The van der Waals surface area contributed by atoms with Crippen LogP contribution < -0.4 is 15.4 Å². The van der Waals surface area contributed by atoms with Crippen molar-refractivity contribution < 1.29 is 14.3 Å². The van der Waals surface area contributed by atoms with E-state index in [0.717, 1.165) is 12.0 Å². The van der Waals surface area contributed by atoms with E-state index in [1.54, 1.807) is 7.11 Å². The number of rotatable bonds is 7. The van der Waals surface area contributed by atoms with E-state index in [4.69, 9.17) is 9.47 Å². The number of anilines is 1. The summed E-state index contributed by atoms with van der Waals surface area (Å²) < 4.78 is 10.6. The van der Waals surface area contributed by atoms with Gasteiger partial charge >= 0.3 is 6.03 Å². The van der Waals surface area contributed by atoms with E-state index in [2.05, 4.69) is 10.6 Å². The fourth-order valence-corrected chi connectivity index (χ4v) is 1.57. The Bertz CT molecular complexity index is 435. The van der Waals surface area contributed by atoms with Gasteiger partial charge in [0.25, 0.3) is 0 Å². The molecule has 1 aromatic carbocycles. The molecule has 0 saturated heterocycles. The molecule has 0 bridgehead atoms. The third-order valence-electron chi connectivity index (χ3n) is 2.92. The van der Waals surface area contributed by atoms with Crippen LogP contribution in [-0.2, 0) is 4.74 Å². The maximum atomic E-state index is 11.8. The van der Waals surface area contributed by atoms with E-state index in [-0.39, 0.29) is 12.1 Å². The summed E-state index contributed by atoms with van der Waals surface area (Å²) in [5.74, 6) is 0.654. The molecular formula is C15H24N2O3. The van der Waals surface area contributed by atoms with Crippen LogP contribution in [0.3, 0.4) is 0 Å². The minimum Gasteiger partial charge on any atom is -0.489 e. The average molecular weight is 280 g/mol. The molecule has 0 aliphatic rings. The summed E-state index contributed by atoms with van der Waals surface area (Å²) in [7, 11) is 1.62. The Morgan fingerprint density at radius 2 is 2.10 bits per heavy atom. The molecule has 2 amide bonds. The Morgan fingerprint density at radius 1 is 1.35 bits per heavy atom. The summed E-state index contributed by atoms with van der Waals surface area (Å²) in [5, 5.41) is 5.67. The Labute approximate surface area is 120 Å². The highest BCUT2D eigenvalue weighted by atomic mass is 16.5. The van der Waals surface area contributed by atoms with Gasteiger partial charge in [-0.05, 0) is 38.0 Å². The van der Waals surface area contributed by atoms with Gasteiger partial charge in [-0.3, -0.25) is 0 Å². The molecular weight excluding hydrogens is 256 g/mol. The molecule has 0 aliphatic heterocycles. The van der Waals surface area contributed by atoms with Crippen LogP contribution in [0.2, 0.25) is 0 Å². The highest BCUT2D eigenvalue weighted by Gasteiger charge is 2.10. The van der Waals surface area contributed by atoms with Gasteiger partial charge in [0.2, 0.25) is 0 Å². The molecule has 0 saturated carbocycles. The summed E-state index contributed by atoms with van der Waals surface area (Å²) in [6, 6.07) is 5.59. The molecule has 2 N–H and O–H groups in total. The lowest BCUT2D eigenvalue weighted by atomic mass is 10.2. The molecule has 1 aromatic rings. The molecule has 0 fully saturated rings. The lowest BCUT2D eigenvalue weighted by molar-refractivity contribution is 0.146. The molecule has 0 radical (unpaired) electrons. The second kappa shape index (κ2) is 8.43. The van der Waals surface area contributed by atoms with Crippen molar-refractivity contribution in [3.05, 3.63) is 23.8 Å². The van der Waals surface area contributed by atoms with Gasteiger partial charge in [0.1, 0.15) is 12.4 Å². The molecule has 0 unspecified atom stereocenters. The predicted molar refractivity (Wildman–Crippen MR) is 80.5 cm³/mol. The van der Waals surface area contributed by atoms with Crippen LogP contribution >= 0.6 is 0 Å². The number of methoxy groups -OCH3 is 1. The molecule has 0 aliphatic carbocycles. The molecule has 5 nitrogen and oxygen atoms in total. The SMILES string of the molecule is CC[C@H](C)NC(=O)Nc1ccc(C)cc1OCCOC. The lowest BCUT2D eigenvalue weighted by Gasteiger charge is -2.16. The van der Waals surface area contributed by atoms with Gasteiger partial charge in [0, 0.05) is 13.2 Å². The number of aryl methyl sites for hydroxylation is 1. The quantitative estimate of drug-likeness (QED) is 0.755. The number of hydrogen-bond donors (Lipinski definition) is 2. The van der Waals surface area contributed by atoms with E-state index in [0.29, 0.717) is 24.7 Å². The standard InChI is InChI=1S/C15H24N2O3/c1-5-12(3)16-15(18)17-13-7-6-11(2)10-14(13)20-9-8-19-4/h6-7,10,12H,5,8-9H2,1-4H3,(H2,16,17,18)/t12-/m0/s1. The molecule has 5 heteroatoms. The van der Waals surface area contributed by atoms with Gasteiger partial charge in [-0.1, -0.05) is 13.0 Å². The summed E-state index contributed by atoms with van der Waals surface area (Å²) in [6.45, 7) is 6.92. The fraction of sp³-hybridized carbons (Fsp3) is 0.533. The van der Waals surface area contributed by atoms with Crippen LogP contribution in [0.1, 0.15) is 25.8 Å². The largest absolute Gasteiger partial charge is 0.489 e. The Morgan fingerprint density at radius 3 is 2.75 bits per heavy atom. The van der Waals surface area contributed by atoms with Crippen molar-refractivity contribution in [3.8, 4) is 5.75 Å². The van der Waals surface area contributed by atoms with E-state index >= 15 is 0 Å². The van der Waals surface area contributed by atoms with Crippen LogP contribution in [0.25, 0.3) is 0 Å². The number of nitrogens with one attached hydrogen (secondary N) is 2. The second-order valence-electron chi connectivity index (χ2n) is 4.75. The van der Waals surface area contributed by atoms with Crippen molar-refractivity contribution >= 4 is 11.7 Å². The number of carbonyl (C=O) groups is 1. The molecule has 0 heterocycles. The summed E-state index contributed by atoms with van der Waals surface area (Å²) >= 11 is 0. The van der Waals surface area contributed by atoms with Crippen LogP contribution in [0, 0.1) is 6.92 Å². The molecule has 20 heavy (non-hydrogen) atoms. The Hall–Kier alpha value is -1.75. The molecule has 0 spiro atoms. The van der Waals surface area contributed by atoms with E-state index < -0.39 is 0 Å². The zero-order chi connectivity index (χ0) is 15.0. The van der Waals surface area contributed by atoms with Crippen LogP contribution in [0.15, 0.2) is 18.2 Å². The number of urea groups is 1. The van der Waals surface area contributed by atoms with E-state index in [1.165, 1.54) is 0 Å². The summed E-state index contributed by atoms with van der Waals surface area (Å²) in [4.78, 5) is 11.8. The van der Waals surface area contributed by atoms with Crippen molar-refractivity contribution in [3.63, 3.8) is 0 Å². The zero-order valence-corrected chi connectivity index (χ0v) is 12.7. The highest BCUT2D eigenvalue weighted by Crippen LogP contribution is 2.25. The smallest absolute Gasteiger partial charge is 0.319 e. The van der Waals surface area contributed by atoms with Crippen molar-refractivity contribution in [1.29, 1.82) is 0 Å². The summed E-state index contributed by atoms with van der Waals surface area (Å²) in [5.41, 5.74) is 1.73. The Balaban J connectivity index is 2.70. The summed E-state index contributed by atoms with van der Waals surface area (Å²) in [6.07, 6.45) is 0.887. The average Bonchev–Trinajstić information content (AvgIpc) is 2.41.